The Bertz CT molecular complexity index is 1140. The summed E-state index contributed by atoms with van der Waals surface area (Å²) in [5, 5.41) is 5.15. The van der Waals surface area contributed by atoms with Gasteiger partial charge in [0.2, 0.25) is 0 Å². The summed E-state index contributed by atoms with van der Waals surface area (Å²) in [5.41, 5.74) is 6.47. The molecule has 28 heavy (non-hydrogen) atoms. The predicted molar refractivity (Wildman–Crippen MR) is 120 cm³/mol. The van der Waals surface area contributed by atoms with Crippen molar-refractivity contribution in [2.45, 2.75) is 26.9 Å². The van der Waals surface area contributed by atoms with Gasteiger partial charge in [0.1, 0.15) is 5.69 Å². The van der Waals surface area contributed by atoms with Crippen LogP contribution in [0.5, 0.6) is 0 Å². The SMILES string of the molecule is Cc1ccc(Cn2c(C(=O)NCc3cccc(C)c3)cc3scc(Br)c32)cc1. The zero-order valence-electron chi connectivity index (χ0n) is 15.8. The highest BCUT2D eigenvalue weighted by molar-refractivity contribution is 9.10. The first-order chi connectivity index (χ1) is 13.5. The van der Waals surface area contributed by atoms with Gasteiger partial charge in [0.05, 0.1) is 14.7 Å². The Morgan fingerprint density at radius 2 is 1.82 bits per heavy atom. The lowest BCUT2D eigenvalue weighted by Gasteiger charge is -2.12. The fourth-order valence-electron chi connectivity index (χ4n) is 3.35. The summed E-state index contributed by atoms with van der Waals surface area (Å²) in [7, 11) is 0. The fourth-order valence-corrected chi connectivity index (χ4v) is 5.05. The number of aromatic nitrogens is 1. The topological polar surface area (TPSA) is 34.0 Å². The second kappa shape index (κ2) is 7.94. The summed E-state index contributed by atoms with van der Waals surface area (Å²) < 4.78 is 4.24. The van der Waals surface area contributed by atoms with Crippen molar-refractivity contribution in [3.8, 4) is 0 Å². The van der Waals surface area contributed by atoms with E-state index >= 15 is 0 Å². The maximum Gasteiger partial charge on any atom is 0.268 e. The number of carbonyl (C=O) groups is 1. The average Bonchev–Trinajstić information content (AvgIpc) is 3.22. The Morgan fingerprint density at radius 3 is 2.57 bits per heavy atom. The molecule has 0 aliphatic heterocycles. The van der Waals surface area contributed by atoms with Crippen LogP contribution in [0.3, 0.4) is 0 Å². The minimum atomic E-state index is -0.0519. The summed E-state index contributed by atoms with van der Waals surface area (Å²) in [6, 6.07) is 18.7. The Morgan fingerprint density at radius 1 is 1.04 bits per heavy atom. The van der Waals surface area contributed by atoms with E-state index in [1.54, 1.807) is 11.3 Å². The van der Waals surface area contributed by atoms with Gasteiger partial charge < -0.3 is 9.88 Å². The quantitative estimate of drug-likeness (QED) is 0.392. The molecular formula is C23H21BrN2OS. The number of amides is 1. The summed E-state index contributed by atoms with van der Waals surface area (Å²) in [6.45, 7) is 5.32. The molecule has 0 fully saturated rings. The minimum Gasteiger partial charge on any atom is -0.347 e. The molecule has 142 valence electrons. The van der Waals surface area contributed by atoms with Gasteiger partial charge in [-0.2, -0.15) is 0 Å². The molecule has 1 N–H and O–H groups in total. The summed E-state index contributed by atoms with van der Waals surface area (Å²) in [5.74, 6) is -0.0519. The van der Waals surface area contributed by atoms with E-state index in [1.165, 1.54) is 16.7 Å². The molecule has 0 saturated heterocycles. The second-order valence-corrected chi connectivity index (χ2v) is 8.84. The largest absolute Gasteiger partial charge is 0.347 e. The monoisotopic (exact) mass is 452 g/mol. The second-order valence-electron chi connectivity index (χ2n) is 7.07. The van der Waals surface area contributed by atoms with Gasteiger partial charge in [-0.05, 0) is 47.0 Å². The number of aryl methyl sites for hydroxylation is 2. The van der Waals surface area contributed by atoms with Crippen molar-refractivity contribution in [2.75, 3.05) is 0 Å². The lowest BCUT2D eigenvalue weighted by molar-refractivity contribution is 0.0942. The van der Waals surface area contributed by atoms with E-state index < -0.39 is 0 Å². The third-order valence-electron chi connectivity index (χ3n) is 4.81. The van der Waals surface area contributed by atoms with Crippen LogP contribution in [0.4, 0.5) is 0 Å². The lowest BCUT2D eigenvalue weighted by Crippen LogP contribution is -2.25. The molecule has 2 aromatic heterocycles. The number of carbonyl (C=O) groups excluding carboxylic acids is 1. The number of halogens is 1. The molecule has 0 radical (unpaired) electrons. The Labute approximate surface area is 177 Å². The van der Waals surface area contributed by atoms with Crippen molar-refractivity contribution in [1.82, 2.24) is 9.88 Å². The molecule has 3 nitrogen and oxygen atoms in total. The number of rotatable bonds is 5. The van der Waals surface area contributed by atoms with Gasteiger partial charge in [-0.1, -0.05) is 59.7 Å². The van der Waals surface area contributed by atoms with Crippen LogP contribution < -0.4 is 5.32 Å². The summed E-state index contributed by atoms with van der Waals surface area (Å²) in [6.07, 6.45) is 0. The van der Waals surface area contributed by atoms with E-state index in [2.05, 4.69) is 81.4 Å². The van der Waals surface area contributed by atoms with Crippen LogP contribution in [-0.2, 0) is 13.1 Å². The smallest absolute Gasteiger partial charge is 0.268 e. The van der Waals surface area contributed by atoms with Gasteiger partial charge in [0.25, 0.3) is 5.91 Å². The standard InChI is InChI=1S/C23H21BrN2OS/c1-15-6-8-17(9-7-15)13-26-20(11-21-22(26)19(24)14-28-21)23(27)25-12-18-5-3-4-16(2)10-18/h3-11,14H,12-13H2,1-2H3,(H,25,27). The molecule has 1 amide bonds. The van der Waals surface area contributed by atoms with Crippen LogP contribution >= 0.6 is 27.3 Å². The first-order valence-electron chi connectivity index (χ1n) is 9.17. The Kier molecular flexibility index (Phi) is 5.38. The normalized spacial score (nSPS) is 11.1. The van der Waals surface area contributed by atoms with E-state index in [1.807, 2.05) is 18.2 Å². The maximum absolute atomic E-state index is 13.0. The molecular weight excluding hydrogens is 432 g/mol. The first kappa shape index (κ1) is 19.0. The number of nitrogens with one attached hydrogen (secondary N) is 1. The van der Waals surface area contributed by atoms with Gasteiger partial charge in [-0.3, -0.25) is 4.79 Å². The maximum atomic E-state index is 13.0. The van der Waals surface area contributed by atoms with Crippen LogP contribution in [-0.4, -0.2) is 10.5 Å². The number of benzene rings is 2. The number of hydrogen-bond acceptors (Lipinski definition) is 2. The molecule has 0 atom stereocenters. The van der Waals surface area contributed by atoms with Gasteiger partial charge in [-0.25, -0.2) is 0 Å². The van der Waals surface area contributed by atoms with E-state index in [9.17, 15) is 4.79 Å². The van der Waals surface area contributed by atoms with Gasteiger partial charge in [-0.15, -0.1) is 11.3 Å². The molecule has 0 saturated carbocycles. The van der Waals surface area contributed by atoms with E-state index in [-0.39, 0.29) is 5.91 Å². The third kappa shape index (κ3) is 3.91. The van der Waals surface area contributed by atoms with Crippen molar-refractivity contribution >= 4 is 43.4 Å². The van der Waals surface area contributed by atoms with Crippen molar-refractivity contribution in [3.63, 3.8) is 0 Å². The number of hydrogen-bond donors (Lipinski definition) is 1. The Hall–Kier alpha value is -2.37. The van der Waals surface area contributed by atoms with Crippen LogP contribution in [0.15, 0.2) is 64.5 Å². The summed E-state index contributed by atoms with van der Waals surface area (Å²) in [4.78, 5) is 13.0. The third-order valence-corrected chi connectivity index (χ3v) is 6.63. The van der Waals surface area contributed by atoms with E-state index in [0.29, 0.717) is 18.8 Å². The highest BCUT2D eigenvalue weighted by Gasteiger charge is 2.19. The van der Waals surface area contributed by atoms with E-state index in [0.717, 1.165) is 20.3 Å². The van der Waals surface area contributed by atoms with Crippen LogP contribution in [0.1, 0.15) is 32.7 Å². The molecule has 0 aliphatic carbocycles. The van der Waals surface area contributed by atoms with Crippen LogP contribution in [0, 0.1) is 13.8 Å². The molecule has 0 aliphatic rings. The molecule has 2 heterocycles. The van der Waals surface area contributed by atoms with Crippen LogP contribution in [0.25, 0.3) is 10.2 Å². The zero-order chi connectivity index (χ0) is 19.7. The molecule has 2 aromatic carbocycles. The average molecular weight is 453 g/mol. The van der Waals surface area contributed by atoms with E-state index in [4.69, 9.17) is 0 Å². The van der Waals surface area contributed by atoms with Gasteiger partial charge >= 0.3 is 0 Å². The lowest BCUT2D eigenvalue weighted by atomic mass is 10.1. The summed E-state index contributed by atoms with van der Waals surface area (Å²) >= 11 is 5.29. The molecule has 4 aromatic rings. The molecule has 0 spiro atoms. The zero-order valence-corrected chi connectivity index (χ0v) is 18.2. The first-order valence-corrected chi connectivity index (χ1v) is 10.8. The Balaban J connectivity index is 1.64. The molecule has 0 unspecified atom stereocenters. The highest BCUT2D eigenvalue weighted by Crippen LogP contribution is 2.33. The van der Waals surface area contributed by atoms with Crippen LogP contribution in [0.2, 0.25) is 0 Å². The van der Waals surface area contributed by atoms with Gasteiger partial charge in [0.15, 0.2) is 0 Å². The van der Waals surface area contributed by atoms with Crippen molar-refractivity contribution in [2.24, 2.45) is 0 Å². The van der Waals surface area contributed by atoms with Crippen molar-refractivity contribution in [3.05, 3.63) is 92.4 Å². The predicted octanol–water partition coefficient (Wildman–Crippen LogP) is 6.06. The van der Waals surface area contributed by atoms with Gasteiger partial charge in [0, 0.05) is 18.5 Å². The number of fused-ring (bicyclic) bond motifs is 1. The number of thiophene rings is 1. The highest BCUT2D eigenvalue weighted by atomic mass is 79.9. The molecule has 5 heteroatoms. The van der Waals surface area contributed by atoms with Crippen molar-refractivity contribution in [1.29, 1.82) is 0 Å². The fraction of sp³-hybridized carbons (Fsp3) is 0.174. The van der Waals surface area contributed by atoms with Crippen molar-refractivity contribution < 1.29 is 4.79 Å². The molecule has 0 bridgehead atoms. The molecule has 4 rings (SSSR count). The number of nitrogens with zero attached hydrogens (tertiary/aromatic N) is 1. The minimum absolute atomic E-state index is 0.0519.